The van der Waals surface area contributed by atoms with Crippen LogP contribution in [0.4, 0.5) is 0 Å². The molecule has 2 unspecified atom stereocenters. The van der Waals surface area contributed by atoms with Crippen molar-refractivity contribution in [1.82, 2.24) is 0 Å². The van der Waals surface area contributed by atoms with Gasteiger partial charge in [-0.1, -0.05) is 0 Å². The SMILES string of the molecule is C1=C[CH]([Ti+2]2([CH]3C=CC4=C3CCCC4)[CH2][CH2]2)C2=C1CCCC2.[F-].[F-]. The summed E-state index contributed by atoms with van der Waals surface area (Å²) in [6.07, 6.45) is 21.9. The van der Waals surface area contributed by atoms with E-state index in [1.54, 1.807) is 20.6 Å². The summed E-state index contributed by atoms with van der Waals surface area (Å²) >= 11 is -1.68. The molecule has 4 aliphatic carbocycles. The Morgan fingerprint density at radius 3 is 1.52 bits per heavy atom. The molecule has 0 aromatic heterocycles. The van der Waals surface area contributed by atoms with Crippen LogP contribution in [0.15, 0.2) is 46.6 Å². The number of hydrogen-bond acceptors (Lipinski definition) is 0. The van der Waals surface area contributed by atoms with Crippen LogP contribution in [0, 0.1) is 0 Å². The molecular formula is C20H26F2Ti. The normalized spacial score (nSPS) is 31.7. The van der Waals surface area contributed by atoms with E-state index in [1.807, 2.05) is 11.1 Å². The van der Waals surface area contributed by atoms with Crippen LogP contribution in [0.1, 0.15) is 51.4 Å². The van der Waals surface area contributed by atoms with Crippen molar-refractivity contribution in [3.8, 4) is 0 Å². The zero-order valence-corrected chi connectivity index (χ0v) is 15.4. The van der Waals surface area contributed by atoms with Crippen LogP contribution >= 0.6 is 0 Å². The molecule has 0 aromatic carbocycles. The van der Waals surface area contributed by atoms with Gasteiger partial charge < -0.3 is 9.41 Å². The Labute approximate surface area is 141 Å². The van der Waals surface area contributed by atoms with Crippen molar-refractivity contribution in [2.45, 2.75) is 69.3 Å². The second kappa shape index (κ2) is 6.45. The minimum Gasteiger partial charge on any atom is -1.00 e. The third-order valence-corrected chi connectivity index (χ3v) is 15.0. The largest absolute Gasteiger partial charge is 1.00 e. The molecule has 0 amide bonds. The van der Waals surface area contributed by atoms with Gasteiger partial charge in [0.15, 0.2) is 0 Å². The third-order valence-electron chi connectivity index (χ3n) is 6.91. The summed E-state index contributed by atoms with van der Waals surface area (Å²) in [6.45, 7) is 0. The van der Waals surface area contributed by atoms with E-state index < -0.39 is 16.6 Å². The summed E-state index contributed by atoms with van der Waals surface area (Å²) in [5, 5.41) is 0. The van der Waals surface area contributed by atoms with E-state index in [9.17, 15) is 0 Å². The number of rotatable bonds is 2. The van der Waals surface area contributed by atoms with Crippen molar-refractivity contribution in [2.75, 3.05) is 0 Å². The fourth-order valence-electron chi connectivity index (χ4n) is 5.69. The Morgan fingerprint density at radius 1 is 0.652 bits per heavy atom. The molecule has 0 spiro atoms. The molecular weight excluding hydrogens is 326 g/mol. The van der Waals surface area contributed by atoms with E-state index in [4.69, 9.17) is 0 Å². The van der Waals surface area contributed by atoms with Gasteiger partial charge >= 0.3 is 132 Å². The van der Waals surface area contributed by atoms with Crippen molar-refractivity contribution in [2.24, 2.45) is 0 Å². The summed E-state index contributed by atoms with van der Waals surface area (Å²) in [5.74, 6) is 0. The van der Waals surface area contributed by atoms with Crippen LogP contribution in [-0.4, -0.2) is 0 Å². The zero-order valence-electron chi connectivity index (χ0n) is 13.8. The molecule has 0 aromatic rings. The van der Waals surface area contributed by atoms with Crippen LogP contribution in [-0.2, 0) is 16.6 Å². The second-order valence-corrected chi connectivity index (χ2v) is 15.3. The number of halogens is 2. The predicted octanol–water partition coefficient (Wildman–Crippen LogP) is 0.456. The molecule has 0 N–H and O–H groups in total. The molecule has 0 nitrogen and oxygen atoms in total. The summed E-state index contributed by atoms with van der Waals surface area (Å²) in [5.41, 5.74) is 7.39. The molecule has 0 radical (unpaired) electrons. The Bertz CT molecular complexity index is 557. The predicted molar refractivity (Wildman–Crippen MR) is 86.4 cm³/mol. The molecule has 5 aliphatic rings. The van der Waals surface area contributed by atoms with Crippen molar-refractivity contribution in [3.63, 3.8) is 0 Å². The van der Waals surface area contributed by atoms with Gasteiger partial charge in [-0.25, -0.2) is 0 Å². The van der Waals surface area contributed by atoms with E-state index in [0.717, 1.165) is 8.45 Å². The zero-order chi connectivity index (χ0) is 13.9. The molecule has 124 valence electrons. The van der Waals surface area contributed by atoms with Crippen LogP contribution < -0.4 is 9.41 Å². The molecule has 1 heterocycles. The van der Waals surface area contributed by atoms with E-state index in [0.29, 0.717) is 0 Å². The van der Waals surface area contributed by atoms with Crippen molar-refractivity contribution in [1.29, 1.82) is 0 Å². The van der Waals surface area contributed by atoms with E-state index in [-0.39, 0.29) is 9.41 Å². The minimum atomic E-state index is -1.68. The summed E-state index contributed by atoms with van der Waals surface area (Å²) in [6, 6.07) is 0. The van der Waals surface area contributed by atoms with E-state index in [2.05, 4.69) is 24.3 Å². The number of hydrogen-bond donors (Lipinski definition) is 0. The minimum absolute atomic E-state index is 0. The molecule has 0 bridgehead atoms. The van der Waals surface area contributed by atoms with Gasteiger partial charge in [0.05, 0.1) is 0 Å². The van der Waals surface area contributed by atoms with Gasteiger partial charge in [0.25, 0.3) is 0 Å². The third kappa shape index (κ3) is 2.57. The fraction of sp³-hybridized carbons (Fsp3) is 0.600. The Hall–Kier alpha value is -0.466. The standard InChI is InChI=1S/2C9H11.C2H4.2FH.Ti/c2*1-2-5-9-7-3-6-8(9)4-1;1-2;;;/h2*3,6-7H,1-2,4-5H2;1-2H2;2*1H;/q;;;;;+2/p-2. The van der Waals surface area contributed by atoms with Crippen LogP contribution in [0.5, 0.6) is 0 Å². The fourth-order valence-corrected chi connectivity index (χ4v) is 15.2. The quantitative estimate of drug-likeness (QED) is 0.634. The maximum Gasteiger partial charge on any atom is -1.00 e. The molecule has 0 saturated carbocycles. The molecule has 23 heavy (non-hydrogen) atoms. The van der Waals surface area contributed by atoms with Gasteiger partial charge in [-0.3, -0.25) is 0 Å². The molecule has 1 fully saturated rings. The smallest absolute Gasteiger partial charge is 1.00 e. The molecule has 1 aliphatic heterocycles. The first kappa shape index (κ1) is 17.4. The maximum absolute atomic E-state index is 2.68. The first-order valence-corrected chi connectivity index (χ1v) is 13.2. The Morgan fingerprint density at radius 2 is 1.09 bits per heavy atom. The van der Waals surface area contributed by atoms with Gasteiger partial charge in [0, 0.05) is 0 Å². The van der Waals surface area contributed by atoms with E-state index in [1.165, 1.54) is 51.4 Å². The average Bonchev–Trinajstić information content (AvgIpc) is 3.03. The van der Waals surface area contributed by atoms with Gasteiger partial charge in [-0.15, -0.1) is 0 Å². The summed E-state index contributed by atoms with van der Waals surface area (Å²) in [7, 11) is 0. The van der Waals surface area contributed by atoms with Crippen molar-refractivity contribution < 1.29 is 26.0 Å². The van der Waals surface area contributed by atoms with Crippen molar-refractivity contribution in [3.05, 3.63) is 46.6 Å². The summed E-state index contributed by atoms with van der Waals surface area (Å²) < 4.78 is 5.25. The van der Waals surface area contributed by atoms with Crippen LogP contribution in [0.2, 0.25) is 17.9 Å². The maximum atomic E-state index is 2.68. The van der Waals surface area contributed by atoms with Gasteiger partial charge in [0.2, 0.25) is 0 Å². The average molecular weight is 352 g/mol. The summed E-state index contributed by atoms with van der Waals surface area (Å²) in [4.78, 5) is 0. The monoisotopic (exact) mass is 352 g/mol. The Kier molecular flexibility index (Phi) is 4.86. The number of allylic oxidation sites excluding steroid dienone is 8. The Balaban J connectivity index is 0.000000781. The van der Waals surface area contributed by atoms with Crippen molar-refractivity contribution >= 4 is 0 Å². The van der Waals surface area contributed by atoms with Crippen LogP contribution in [0.25, 0.3) is 0 Å². The second-order valence-electron chi connectivity index (χ2n) is 7.92. The van der Waals surface area contributed by atoms with Crippen LogP contribution in [0.3, 0.4) is 0 Å². The van der Waals surface area contributed by atoms with Gasteiger partial charge in [-0.2, -0.15) is 0 Å². The molecule has 2 atom stereocenters. The first-order chi connectivity index (χ1) is 10.4. The van der Waals surface area contributed by atoms with Gasteiger partial charge in [-0.05, 0) is 0 Å². The molecule has 5 rings (SSSR count). The topological polar surface area (TPSA) is 0 Å². The first-order valence-electron chi connectivity index (χ1n) is 9.19. The molecule has 1 saturated heterocycles. The van der Waals surface area contributed by atoms with E-state index >= 15 is 0 Å². The molecule has 3 heteroatoms. The van der Waals surface area contributed by atoms with Gasteiger partial charge in [0.1, 0.15) is 0 Å².